The number of carbonyl (C=O) groups is 1. The van der Waals surface area contributed by atoms with Gasteiger partial charge in [-0.2, -0.15) is 0 Å². The lowest BCUT2D eigenvalue weighted by molar-refractivity contribution is 0.0840. The molecule has 1 aliphatic carbocycles. The molecule has 1 heterocycles. The van der Waals surface area contributed by atoms with Gasteiger partial charge in [0.1, 0.15) is 5.69 Å². The molecule has 2 rings (SSSR count). The number of hydrogen-bond donors (Lipinski definition) is 2. The van der Waals surface area contributed by atoms with Crippen LogP contribution in [0.1, 0.15) is 63.0 Å². The summed E-state index contributed by atoms with van der Waals surface area (Å²) in [5.41, 5.74) is 7.45. The zero-order chi connectivity index (χ0) is 14.0. The van der Waals surface area contributed by atoms with E-state index in [1.165, 1.54) is 19.3 Å². The summed E-state index contributed by atoms with van der Waals surface area (Å²) in [6.45, 7) is 7.09. The monoisotopic (exact) mass is 263 g/mol. The van der Waals surface area contributed by atoms with Crippen molar-refractivity contribution in [1.82, 2.24) is 9.88 Å². The molecule has 3 N–H and O–H groups in total. The van der Waals surface area contributed by atoms with Crippen LogP contribution in [0.15, 0.2) is 12.3 Å². The molecule has 4 heteroatoms. The fourth-order valence-electron chi connectivity index (χ4n) is 2.80. The zero-order valence-electron chi connectivity index (χ0n) is 12.2. The van der Waals surface area contributed by atoms with Gasteiger partial charge in [0, 0.05) is 18.8 Å². The van der Waals surface area contributed by atoms with Crippen molar-refractivity contribution in [3.63, 3.8) is 0 Å². The van der Waals surface area contributed by atoms with Crippen LogP contribution < -0.4 is 11.1 Å². The van der Waals surface area contributed by atoms with Crippen LogP contribution in [-0.4, -0.2) is 17.0 Å². The smallest absolute Gasteiger partial charge is 0.268 e. The van der Waals surface area contributed by atoms with Gasteiger partial charge in [0.2, 0.25) is 0 Å². The third-order valence-corrected chi connectivity index (χ3v) is 4.45. The van der Waals surface area contributed by atoms with Gasteiger partial charge in [0.05, 0.1) is 5.69 Å². The molecule has 0 bridgehead atoms. The topological polar surface area (TPSA) is 60.1 Å². The molecule has 4 nitrogen and oxygen atoms in total. The van der Waals surface area contributed by atoms with Gasteiger partial charge in [0.15, 0.2) is 0 Å². The molecule has 1 aromatic rings. The largest absolute Gasteiger partial charge is 0.397 e. The summed E-state index contributed by atoms with van der Waals surface area (Å²) in [6.07, 6.45) is 6.73. The average Bonchev–Trinajstić information content (AvgIpc) is 2.70. The quantitative estimate of drug-likeness (QED) is 0.858. The second-order valence-electron chi connectivity index (χ2n) is 6.05. The lowest BCUT2D eigenvalue weighted by Gasteiger charge is -2.41. The van der Waals surface area contributed by atoms with Crippen LogP contribution in [0.25, 0.3) is 0 Å². The number of nitrogen functional groups attached to an aromatic ring is 1. The standard InChI is InChI=1S/C15H25N3O/c1-4-15(6-5-7-15)10-17-14(19)13-8-12(16)9-18(13)11(2)3/h8-9,11H,4-7,10,16H2,1-3H3,(H,17,19). The highest BCUT2D eigenvalue weighted by Crippen LogP contribution is 2.43. The van der Waals surface area contributed by atoms with Crippen molar-refractivity contribution in [2.24, 2.45) is 5.41 Å². The lowest BCUT2D eigenvalue weighted by Crippen LogP contribution is -2.42. The van der Waals surface area contributed by atoms with Crippen LogP contribution >= 0.6 is 0 Å². The molecule has 0 atom stereocenters. The Hall–Kier alpha value is -1.45. The number of nitrogens with one attached hydrogen (secondary N) is 1. The van der Waals surface area contributed by atoms with E-state index in [-0.39, 0.29) is 11.9 Å². The molecular formula is C15H25N3O. The fraction of sp³-hybridized carbons (Fsp3) is 0.667. The maximum absolute atomic E-state index is 12.3. The molecule has 1 aromatic heterocycles. The Morgan fingerprint density at radius 3 is 2.68 bits per heavy atom. The molecule has 0 saturated heterocycles. The van der Waals surface area contributed by atoms with Gasteiger partial charge in [-0.3, -0.25) is 4.79 Å². The second-order valence-corrected chi connectivity index (χ2v) is 6.05. The molecule has 0 aromatic carbocycles. The first-order valence-electron chi connectivity index (χ1n) is 7.23. The van der Waals surface area contributed by atoms with Crippen LogP contribution in [0, 0.1) is 5.41 Å². The normalized spacial score (nSPS) is 17.3. The van der Waals surface area contributed by atoms with Gasteiger partial charge in [0.25, 0.3) is 5.91 Å². The number of rotatable bonds is 5. The number of hydrogen-bond acceptors (Lipinski definition) is 2. The molecule has 1 saturated carbocycles. The minimum atomic E-state index is -0.00914. The third-order valence-electron chi connectivity index (χ3n) is 4.45. The molecule has 0 spiro atoms. The first-order valence-corrected chi connectivity index (χ1v) is 7.23. The van der Waals surface area contributed by atoms with Crippen LogP contribution in [-0.2, 0) is 0 Å². The molecule has 19 heavy (non-hydrogen) atoms. The maximum Gasteiger partial charge on any atom is 0.268 e. The lowest BCUT2D eigenvalue weighted by atomic mass is 9.67. The Kier molecular flexibility index (Phi) is 3.88. The highest BCUT2D eigenvalue weighted by molar-refractivity contribution is 5.93. The summed E-state index contributed by atoms with van der Waals surface area (Å²) in [4.78, 5) is 12.3. The molecule has 0 unspecified atom stereocenters. The van der Waals surface area contributed by atoms with Crippen molar-refractivity contribution in [2.75, 3.05) is 12.3 Å². The van der Waals surface area contributed by atoms with Gasteiger partial charge in [-0.05, 0) is 44.6 Å². The van der Waals surface area contributed by atoms with E-state index in [9.17, 15) is 4.79 Å². The van der Waals surface area contributed by atoms with Crippen LogP contribution in [0.3, 0.4) is 0 Å². The molecule has 1 fully saturated rings. The number of amides is 1. The van der Waals surface area contributed by atoms with Crippen molar-refractivity contribution in [2.45, 2.75) is 52.5 Å². The predicted octanol–water partition coefficient (Wildman–Crippen LogP) is 2.96. The number of anilines is 1. The summed E-state index contributed by atoms with van der Waals surface area (Å²) in [5, 5.41) is 3.09. The van der Waals surface area contributed by atoms with Crippen molar-refractivity contribution in [3.8, 4) is 0 Å². The van der Waals surface area contributed by atoms with E-state index in [0.29, 0.717) is 16.8 Å². The molecule has 106 valence electrons. The Bertz CT molecular complexity index is 452. The number of aromatic nitrogens is 1. The van der Waals surface area contributed by atoms with Crippen molar-refractivity contribution >= 4 is 11.6 Å². The Morgan fingerprint density at radius 1 is 1.53 bits per heavy atom. The summed E-state index contributed by atoms with van der Waals surface area (Å²) in [5.74, 6) is -0.00914. The highest BCUT2D eigenvalue weighted by atomic mass is 16.1. The molecule has 1 amide bonds. The van der Waals surface area contributed by atoms with Gasteiger partial charge < -0.3 is 15.6 Å². The SMILES string of the molecule is CCC1(CNC(=O)c2cc(N)cn2C(C)C)CCC1. The fourth-order valence-corrected chi connectivity index (χ4v) is 2.80. The first-order chi connectivity index (χ1) is 8.97. The van der Waals surface area contributed by atoms with Crippen LogP contribution in [0.2, 0.25) is 0 Å². The zero-order valence-corrected chi connectivity index (χ0v) is 12.2. The summed E-state index contributed by atoms with van der Waals surface area (Å²) in [6, 6.07) is 2.00. The van der Waals surface area contributed by atoms with Crippen LogP contribution in [0.4, 0.5) is 5.69 Å². The summed E-state index contributed by atoms with van der Waals surface area (Å²) in [7, 11) is 0. The van der Waals surface area contributed by atoms with Crippen molar-refractivity contribution < 1.29 is 4.79 Å². The van der Waals surface area contributed by atoms with E-state index < -0.39 is 0 Å². The number of nitrogens with zero attached hydrogens (tertiary/aromatic N) is 1. The van der Waals surface area contributed by atoms with Crippen LogP contribution in [0.5, 0.6) is 0 Å². The minimum absolute atomic E-state index is 0.00914. The minimum Gasteiger partial charge on any atom is -0.397 e. The van der Waals surface area contributed by atoms with Gasteiger partial charge in [-0.25, -0.2) is 0 Å². The van der Waals surface area contributed by atoms with Gasteiger partial charge >= 0.3 is 0 Å². The Morgan fingerprint density at radius 2 is 2.21 bits per heavy atom. The van der Waals surface area contributed by atoms with E-state index >= 15 is 0 Å². The van der Waals surface area contributed by atoms with Crippen molar-refractivity contribution in [3.05, 3.63) is 18.0 Å². The van der Waals surface area contributed by atoms with Crippen molar-refractivity contribution in [1.29, 1.82) is 0 Å². The number of carbonyl (C=O) groups excluding carboxylic acids is 1. The van der Waals surface area contributed by atoms with E-state index in [2.05, 4.69) is 26.1 Å². The van der Waals surface area contributed by atoms with Gasteiger partial charge in [-0.15, -0.1) is 0 Å². The van der Waals surface area contributed by atoms with Gasteiger partial charge in [-0.1, -0.05) is 13.3 Å². The Balaban J connectivity index is 2.04. The first kappa shape index (κ1) is 14.0. The van der Waals surface area contributed by atoms with E-state index in [1.807, 2.05) is 10.8 Å². The number of nitrogens with two attached hydrogens (primary N) is 1. The van der Waals surface area contributed by atoms with E-state index in [0.717, 1.165) is 13.0 Å². The summed E-state index contributed by atoms with van der Waals surface area (Å²) >= 11 is 0. The molecular weight excluding hydrogens is 238 g/mol. The second kappa shape index (κ2) is 5.27. The Labute approximate surface area is 115 Å². The molecule has 1 aliphatic rings. The predicted molar refractivity (Wildman–Crippen MR) is 78.1 cm³/mol. The average molecular weight is 263 g/mol. The third kappa shape index (κ3) is 2.77. The highest BCUT2D eigenvalue weighted by Gasteiger charge is 2.35. The van der Waals surface area contributed by atoms with E-state index in [1.54, 1.807) is 6.07 Å². The maximum atomic E-state index is 12.3. The summed E-state index contributed by atoms with van der Waals surface area (Å²) < 4.78 is 1.93. The molecule has 0 radical (unpaired) electrons. The molecule has 0 aliphatic heterocycles. The van der Waals surface area contributed by atoms with E-state index in [4.69, 9.17) is 5.73 Å².